The van der Waals surface area contributed by atoms with Gasteiger partial charge in [-0.3, -0.25) is 9.59 Å². The van der Waals surface area contributed by atoms with Crippen LogP contribution in [0.3, 0.4) is 0 Å². The Hall–Kier alpha value is -3.45. The summed E-state index contributed by atoms with van der Waals surface area (Å²) < 4.78 is 0. The fraction of sp³-hybridized carbons (Fsp3) is 0.630. The van der Waals surface area contributed by atoms with Gasteiger partial charge in [-0.15, -0.1) is 0 Å². The van der Waals surface area contributed by atoms with Gasteiger partial charge in [-0.1, -0.05) is 71.0 Å². The van der Waals surface area contributed by atoms with Gasteiger partial charge in [0.15, 0.2) is 0 Å². The smallest absolute Gasteiger partial charge is 0.335 e. The van der Waals surface area contributed by atoms with Crippen molar-refractivity contribution in [2.24, 2.45) is 56.7 Å². The van der Waals surface area contributed by atoms with Gasteiger partial charge in [0.05, 0.1) is 17.1 Å². The van der Waals surface area contributed by atoms with Gasteiger partial charge in [0.25, 0.3) is 5.91 Å². The first-order valence-corrected chi connectivity index (χ1v) is 20.3. The first-order valence-electron chi connectivity index (χ1n) is 20.3. The molecule has 0 aliphatic heterocycles. The number of aliphatic hydroxyl groups excluding tert-OH is 1. The molecule has 7 nitrogen and oxygen atoms in total. The third-order valence-electron chi connectivity index (χ3n) is 16.8. The van der Waals surface area contributed by atoms with Crippen LogP contribution in [0.5, 0.6) is 0 Å². The Balaban J connectivity index is 1.08. The molecule has 5 fully saturated rings. The Kier molecular flexibility index (Phi) is 9.56. The molecular weight excluding hydrogens is 661 g/mol. The molecule has 2 aromatic rings. The van der Waals surface area contributed by atoms with Gasteiger partial charge in [-0.2, -0.15) is 0 Å². The Bertz CT molecular complexity index is 1780. The Labute approximate surface area is 316 Å². The molecule has 0 radical (unpaired) electrons. The van der Waals surface area contributed by atoms with E-state index in [0.29, 0.717) is 35.8 Å². The van der Waals surface area contributed by atoms with E-state index >= 15 is 0 Å². The van der Waals surface area contributed by atoms with Gasteiger partial charge in [0.1, 0.15) is 0 Å². The number of aromatic carboxylic acids is 1. The predicted octanol–water partition coefficient (Wildman–Crippen LogP) is 8.95. The fourth-order valence-corrected chi connectivity index (χ4v) is 13.8. The molecule has 4 N–H and O–H groups in total. The number of rotatable bonds is 8. The van der Waals surface area contributed by atoms with Crippen molar-refractivity contribution in [1.82, 2.24) is 10.6 Å². The van der Waals surface area contributed by atoms with Crippen molar-refractivity contribution in [2.75, 3.05) is 0 Å². The third-order valence-corrected chi connectivity index (χ3v) is 16.8. The summed E-state index contributed by atoms with van der Waals surface area (Å²) in [7, 11) is 0. The van der Waals surface area contributed by atoms with Crippen molar-refractivity contribution in [3.8, 4) is 0 Å². The number of fused-ring (bicyclic) bond motifs is 7. The molecule has 2 aromatic carbocycles. The number of hydrogen-bond acceptors (Lipinski definition) is 4. The van der Waals surface area contributed by atoms with Crippen molar-refractivity contribution in [3.63, 3.8) is 0 Å². The number of carboxylic acid groups (broad SMARTS) is 1. The van der Waals surface area contributed by atoms with Crippen molar-refractivity contribution >= 4 is 17.8 Å². The van der Waals surface area contributed by atoms with Crippen LogP contribution in [0.2, 0.25) is 0 Å². The molecule has 5 aliphatic carbocycles. The number of aliphatic hydroxyl groups is 1. The zero-order valence-electron chi connectivity index (χ0n) is 32.9. The lowest BCUT2D eigenvalue weighted by molar-refractivity contribution is -0.246. The molecule has 4 unspecified atom stereocenters. The van der Waals surface area contributed by atoms with E-state index in [-0.39, 0.29) is 57.6 Å². The second-order valence-corrected chi connectivity index (χ2v) is 19.3. The number of benzene rings is 2. The van der Waals surface area contributed by atoms with Crippen LogP contribution < -0.4 is 10.6 Å². The lowest BCUT2D eigenvalue weighted by atomic mass is 9.32. The zero-order valence-corrected chi connectivity index (χ0v) is 32.9. The number of carbonyl (C=O) groups is 3. The average Bonchev–Trinajstić information content (AvgIpc) is 3.53. The average molecular weight is 723 g/mol. The Morgan fingerprint density at radius 2 is 1.47 bits per heavy atom. The van der Waals surface area contributed by atoms with E-state index in [1.54, 1.807) is 18.2 Å². The van der Waals surface area contributed by atoms with Crippen LogP contribution in [-0.4, -0.2) is 34.1 Å². The molecule has 0 aromatic heterocycles. The number of allylic oxidation sites excluding steroid dienone is 1. The van der Waals surface area contributed by atoms with Gasteiger partial charge in [-0.05, 0) is 158 Å². The van der Waals surface area contributed by atoms with E-state index in [2.05, 4.69) is 58.8 Å². The summed E-state index contributed by atoms with van der Waals surface area (Å²) in [6.07, 6.45) is 10.4. The van der Waals surface area contributed by atoms with E-state index < -0.39 is 11.4 Å². The monoisotopic (exact) mass is 722 g/mol. The summed E-state index contributed by atoms with van der Waals surface area (Å²) in [5.74, 6) is 1.19. The molecule has 7 heteroatoms. The van der Waals surface area contributed by atoms with Crippen molar-refractivity contribution < 1.29 is 24.6 Å². The standard InChI is InChI=1S/C46H62N2O5/c1-28(2)33-17-22-46(41(53)48-27-30-9-8-10-32(25-30)39(50)47-26-29-11-13-31(14-12-29)40(51)52)24-23-44(6)34(38(33)46)15-16-36-43(5)20-19-37(49)42(3,4)35(43)18-21-45(36,44)7/h8-14,25,33-38,49H,1,15-24,26-27H2,2-7H3,(H,47,50)(H,48,53)(H,51,52)/t33-,34?,35?,36?,37-,38?,43-,44+,45+,46-/m0/s1. The number of hydrogen-bond donors (Lipinski definition) is 4. The Morgan fingerprint density at radius 3 is 2.17 bits per heavy atom. The summed E-state index contributed by atoms with van der Waals surface area (Å²) in [5, 5.41) is 26.6. The molecule has 7 rings (SSSR count). The van der Waals surface area contributed by atoms with E-state index in [4.69, 9.17) is 5.11 Å². The van der Waals surface area contributed by atoms with Crippen LogP contribution in [0.15, 0.2) is 60.7 Å². The van der Waals surface area contributed by atoms with E-state index in [0.717, 1.165) is 56.1 Å². The molecular formula is C46H62N2O5. The SMILES string of the molecule is C=C(C)[C@@H]1CC[C@]2(C(=O)NCc3cccc(C(=O)NCc4ccc(C(=O)O)cc4)c3)CC[C@]3(C)C(CCC4[C@@]5(C)CC[C@H](O)C(C)(C)C5CC[C@]43C)C12. The minimum absolute atomic E-state index is 0.0661. The highest BCUT2D eigenvalue weighted by Crippen LogP contribution is 2.77. The van der Waals surface area contributed by atoms with Gasteiger partial charge in [0.2, 0.25) is 5.91 Å². The molecule has 5 saturated carbocycles. The second-order valence-electron chi connectivity index (χ2n) is 19.3. The summed E-state index contributed by atoms with van der Waals surface area (Å²) in [6.45, 7) is 19.8. The summed E-state index contributed by atoms with van der Waals surface area (Å²) in [4.78, 5) is 39.0. The third kappa shape index (κ3) is 5.90. The van der Waals surface area contributed by atoms with Gasteiger partial charge >= 0.3 is 5.97 Å². The van der Waals surface area contributed by atoms with Gasteiger partial charge in [-0.25, -0.2) is 4.79 Å². The van der Waals surface area contributed by atoms with Crippen LogP contribution in [0.4, 0.5) is 0 Å². The number of carbonyl (C=O) groups excluding carboxylic acids is 2. The number of nitrogens with one attached hydrogen (secondary N) is 2. The molecule has 10 atom stereocenters. The van der Waals surface area contributed by atoms with Crippen LogP contribution >= 0.6 is 0 Å². The molecule has 0 bridgehead atoms. The maximum atomic E-state index is 14.7. The predicted molar refractivity (Wildman–Crippen MR) is 208 cm³/mol. The maximum Gasteiger partial charge on any atom is 0.335 e. The first kappa shape index (κ1) is 37.8. The topological polar surface area (TPSA) is 116 Å². The van der Waals surface area contributed by atoms with E-state index in [1.165, 1.54) is 37.0 Å². The lowest BCUT2D eigenvalue weighted by Crippen LogP contribution is -2.67. The highest BCUT2D eigenvalue weighted by atomic mass is 16.4. The molecule has 0 heterocycles. The molecule has 0 saturated heterocycles. The maximum absolute atomic E-state index is 14.7. The summed E-state index contributed by atoms with van der Waals surface area (Å²) in [6, 6.07) is 13.9. The van der Waals surface area contributed by atoms with Gasteiger partial charge in [0, 0.05) is 18.7 Å². The quantitative estimate of drug-likeness (QED) is 0.203. The van der Waals surface area contributed by atoms with Crippen LogP contribution in [0.1, 0.15) is 138 Å². The lowest BCUT2D eigenvalue weighted by Gasteiger charge is -2.72. The molecule has 2 amide bonds. The minimum atomic E-state index is -0.982. The van der Waals surface area contributed by atoms with Crippen LogP contribution in [0.25, 0.3) is 0 Å². The largest absolute Gasteiger partial charge is 0.478 e. The van der Waals surface area contributed by atoms with Crippen LogP contribution in [0, 0.1) is 56.7 Å². The van der Waals surface area contributed by atoms with Gasteiger partial charge < -0.3 is 20.8 Å². The van der Waals surface area contributed by atoms with Crippen molar-refractivity contribution in [1.29, 1.82) is 0 Å². The normalized spacial score (nSPS) is 38.3. The summed E-state index contributed by atoms with van der Waals surface area (Å²) in [5.41, 5.74) is 3.72. The number of carboxylic acids is 1. The molecule has 53 heavy (non-hydrogen) atoms. The van der Waals surface area contributed by atoms with Crippen molar-refractivity contribution in [2.45, 2.75) is 125 Å². The van der Waals surface area contributed by atoms with Crippen molar-refractivity contribution in [3.05, 3.63) is 82.9 Å². The highest BCUT2D eigenvalue weighted by Gasteiger charge is 2.71. The molecule has 0 spiro atoms. The van der Waals surface area contributed by atoms with E-state index in [9.17, 15) is 19.5 Å². The second kappa shape index (κ2) is 13.4. The fourth-order valence-electron chi connectivity index (χ4n) is 13.8. The number of amides is 2. The summed E-state index contributed by atoms with van der Waals surface area (Å²) >= 11 is 0. The highest BCUT2D eigenvalue weighted by molar-refractivity contribution is 5.94. The zero-order chi connectivity index (χ0) is 38.1. The Morgan fingerprint density at radius 1 is 0.755 bits per heavy atom. The molecule has 286 valence electrons. The van der Waals surface area contributed by atoms with Crippen LogP contribution in [-0.2, 0) is 17.9 Å². The molecule has 5 aliphatic rings. The van der Waals surface area contributed by atoms with E-state index in [1.807, 2.05) is 18.2 Å². The minimum Gasteiger partial charge on any atom is -0.478 e. The first-order chi connectivity index (χ1) is 25.0.